The Hall–Kier alpha value is -2.41. The smallest absolute Gasteiger partial charge is 0.416 e. The number of methoxy groups -OCH3 is 1. The number of carbonyl (C=O) groups excluding carboxylic acids is 1. The number of amides is 2. The van der Waals surface area contributed by atoms with E-state index in [-0.39, 0.29) is 13.1 Å². The number of benzene rings is 2. The van der Waals surface area contributed by atoms with E-state index < -0.39 is 17.8 Å². The molecule has 2 aromatic rings. The van der Waals surface area contributed by atoms with Crippen molar-refractivity contribution < 1.29 is 22.7 Å². The van der Waals surface area contributed by atoms with Crippen LogP contribution in [-0.4, -0.2) is 13.1 Å². The van der Waals surface area contributed by atoms with Crippen LogP contribution in [0.2, 0.25) is 5.02 Å². The van der Waals surface area contributed by atoms with Crippen molar-refractivity contribution in [1.82, 2.24) is 10.6 Å². The first-order chi connectivity index (χ1) is 11.8. The van der Waals surface area contributed by atoms with Crippen molar-refractivity contribution in [2.24, 2.45) is 0 Å². The Bertz CT molecular complexity index is 734. The highest BCUT2D eigenvalue weighted by Crippen LogP contribution is 2.29. The number of ether oxygens (including phenoxy) is 1. The van der Waals surface area contributed by atoms with E-state index in [2.05, 4.69) is 10.6 Å². The summed E-state index contributed by atoms with van der Waals surface area (Å²) in [6.45, 7) is 0.305. The number of halogens is 4. The zero-order valence-corrected chi connectivity index (χ0v) is 14.0. The average molecular weight is 373 g/mol. The van der Waals surface area contributed by atoms with E-state index in [4.69, 9.17) is 16.3 Å². The molecule has 0 aliphatic heterocycles. The zero-order chi connectivity index (χ0) is 18.4. The van der Waals surface area contributed by atoms with E-state index in [9.17, 15) is 18.0 Å². The van der Waals surface area contributed by atoms with Gasteiger partial charge in [-0.15, -0.1) is 0 Å². The van der Waals surface area contributed by atoms with Crippen LogP contribution in [0.3, 0.4) is 0 Å². The van der Waals surface area contributed by atoms with Crippen LogP contribution in [0.4, 0.5) is 18.0 Å². The molecule has 0 heterocycles. The van der Waals surface area contributed by atoms with Gasteiger partial charge in [0.25, 0.3) is 0 Å². The van der Waals surface area contributed by atoms with E-state index in [0.717, 1.165) is 12.1 Å². The number of nitrogens with one attached hydrogen (secondary N) is 2. The van der Waals surface area contributed by atoms with Gasteiger partial charge in [0, 0.05) is 23.7 Å². The third-order valence-corrected chi connectivity index (χ3v) is 3.65. The lowest BCUT2D eigenvalue weighted by molar-refractivity contribution is -0.137. The Balaban J connectivity index is 1.86. The monoisotopic (exact) mass is 372 g/mol. The highest BCUT2D eigenvalue weighted by molar-refractivity contribution is 6.30. The molecule has 134 valence electrons. The van der Waals surface area contributed by atoms with Crippen molar-refractivity contribution in [2.75, 3.05) is 7.11 Å². The summed E-state index contributed by atoms with van der Waals surface area (Å²) in [6, 6.07) is 9.19. The maximum absolute atomic E-state index is 12.5. The van der Waals surface area contributed by atoms with Gasteiger partial charge in [0.05, 0.1) is 12.7 Å². The lowest BCUT2D eigenvalue weighted by Gasteiger charge is -2.12. The highest BCUT2D eigenvalue weighted by Gasteiger charge is 2.29. The molecule has 0 aromatic heterocycles. The van der Waals surface area contributed by atoms with Gasteiger partial charge in [-0.3, -0.25) is 0 Å². The molecular weight excluding hydrogens is 357 g/mol. The van der Waals surface area contributed by atoms with Gasteiger partial charge in [0.1, 0.15) is 5.75 Å². The summed E-state index contributed by atoms with van der Waals surface area (Å²) < 4.78 is 42.6. The molecule has 25 heavy (non-hydrogen) atoms. The van der Waals surface area contributed by atoms with Gasteiger partial charge < -0.3 is 15.4 Å². The first-order valence-corrected chi connectivity index (χ1v) is 7.67. The minimum Gasteiger partial charge on any atom is -0.496 e. The van der Waals surface area contributed by atoms with Gasteiger partial charge >= 0.3 is 12.2 Å². The number of alkyl halides is 3. The third kappa shape index (κ3) is 5.56. The van der Waals surface area contributed by atoms with Crippen LogP contribution in [0.15, 0.2) is 42.5 Å². The molecule has 2 amide bonds. The second kappa shape index (κ2) is 8.11. The molecule has 0 unspecified atom stereocenters. The number of hydrogen-bond acceptors (Lipinski definition) is 2. The molecule has 0 fully saturated rings. The molecule has 2 N–H and O–H groups in total. The van der Waals surface area contributed by atoms with Crippen molar-refractivity contribution >= 4 is 17.6 Å². The standard InChI is InChI=1S/C17H16ClF3N2O2/c1-25-15-7-6-14(18)8-12(15)10-23-16(24)22-9-11-2-4-13(5-3-11)17(19,20)21/h2-8H,9-10H2,1H3,(H2,22,23,24). The SMILES string of the molecule is COc1ccc(Cl)cc1CNC(=O)NCc1ccc(C(F)(F)F)cc1. The van der Waals surface area contributed by atoms with Crippen LogP contribution in [0.1, 0.15) is 16.7 Å². The minimum absolute atomic E-state index is 0.108. The van der Waals surface area contributed by atoms with Gasteiger partial charge in [-0.2, -0.15) is 13.2 Å². The van der Waals surface area contributed by atoms with Crippen molar-refractivity contribution in [2.45, 2.75) is 19.3 Å². The van der Waals surface area contributed by atoms with Gasteiger partial charge in [-0.1, -0.05) is 23.7 Å². The Labute approximate surface area is 147 Å². The Morgan fingerprint density at radius 2 is 1.72 bits per heavy atom. The summed E-state index contributed by atoms with van der Waals surface area (Å²) in [5.41, 5.74) is 0.539. The van der Waals surface area contributed by atoms with Gasteiger partial charge in [0.15, 0.2) is 0 Å². The van der Waals surface area contributed by atoms with Crippen LogP contribution in [0.5, 0.6) is 5.75 Å². The van der Waals surface area contributed by atoms with Crippen LogP contribution >= 0.6 is 11.6 Å². The molecule has 2 aromatic carbocycles. The fourth-order valence-electron chi connectivity index (χ4n) is 2.12. The van der Waals surface area contributed by atoms with Crippen LogP contribution < -0.4 is 15.4 Å². The Morgan fingerprint density at radius 3 is 2.32 bits per heavy atom. The molecule has 0 bridgehead atoms. The van der Waals surface area contributed by atoms with Crippen LogP contribution in [0.25, 0.3) is 0 Å². The quantitative estimate of drug-likeness (QED) is 0.819. The second-order valence-corrected chi connectivity index (χ2v) is 5.62. The highest BCUT2D eigenvalue weighted by atomic mass is 35.5. The normalized spacial score (nSPS) is 11.1. The summed E-state index contributed by atoms with van der Waals surface area (Å²) in [5, 5.41) is 5.73. The number of carbonyl (C=O) groups is 1. The lowest BCUT2D eigenvalue weighted by atomic mass is 10.1. The summed E-state index contributed by atoms with van der Waals surface area (Å²) in [6.07, 6.45) is -4.38. The summed E-state index contributed by atoms with van der Waals surface area (Å²) in [7, 11) is 1.51. The largest absolute Gasteiger partial charge is 0.496 e. The Morgan fingerprint density at radius 1 is 1.08 bits per heavy atom. The molecule has 0 aliphatic rings. The zero-order valence-electron chi connectivity index (χ0n) is 13.3. The van der Waals surface area contributed by atoms with Crippen molar-refractivity contribution in [1.29, 1.82) is 0 Å². The molecule has 0 spiro atoms. The molecule has 0 saturated carbocycles. The van der Waals surface area contributed by atoms with E-state index in [1.54, 1.807) is 18.2 Å². The fourth-order valence-corrected chi connectivity index (χ4v) is 2.31. The number of urea groups is 1. The van der Waals surface area contributed by atoms with E-state index in [1.807, 2.05) is 0 Å². The predicted molar refractivity (Wildman–Crippen MR) is 88.5 cm³/mol. The van der Waals surface area contributed by atoms with E-state index in [1.165, 1.54) is 19.2 Å². The molecule has 0 aliphatic carbocycles. The average Bonchev–Trinajstić information content (AvgIpc) is 2.58. The first kappa shape index (κ1) is 18.9. The lowest BCUT2D eigenvalue weighted by Crippen LogP contribution is -2.34. The number of rotatable bonds is 5. The topological polar surface area (TPSA) is 50.4 Å². The Kier molecular flexibility index (Phi) is 6.14. The van der Waals surface area contributed by atoms with Crippen molar-refractivity contribution in [3.05, 3.63) is 64.2 Å². The first-order valence-electron chi connectivity index (χ1n) is 7.30. The molecule has 4 nitrogen and oxygen atoms in total. The summed E-state index contributed by atoms with van der Waals surface area (Å²) >= 11 is 5.91. The molecule has 0 saturated heterocycles. The van der Waals surface area contributed by atoms with Gasteiger partial charge in [0.2, 0.25) is 0 Å². The maximum atomic E-state index is 12.5. The third-order valence-electron chi connectivity index (χ3n) is 3.42. The molecular formula is C17H16ClF3N2O2. The summed E-state index contributed by atoms with van der Waals surface area (Å²) in [4.78, 5) is 11.8. The molecule has 2 rings (SSSR count). The van der Waals surface area contributed by atoms with E-state index >= 15 is 0 Å². The van der Waals surface area contributed by atoms with E-state index in [0.29, 0.717) is 21.9 Å². The summed E-state index contributed by atoms with van der Waals surface area (Å²) in [5.74, 6) is 0.590. The molecule has 0 atom stereocenters. The van der Waals surface area contributed by atoms with Crippen molar-refractivity contribution in [3.8, 4) is 5.75 Å². The van der Waals surface area contributed by atoms with Crippen molar-refractivity contribution in [3.63, 3.8) is 0 Å². The second-order valence-electron chi connectivity index (χ2n) is 5.19. The number of hydrogen-bond donors (Lipinski definition) is 2. The maximum Gasteiger partial charge on any atom is 0.416 e. The van der Waals surface area contributed by atoms with Crippen LogP contribution in [-0.2, 0) is 19.3 Å². The minimum atomic E-state index is -4.38. The predicted octanol–water partition coefficient (Wildman–Crippen LogP) is 4.37. The van der Waals surface area contributed by atoms with Gasteiger partial charge in [-0.25, -0.2) is 4.79 Å². The van der Waals surface area contributed by atoms with Crippen LogP contribution in [0, 0.1) is 0 Å². The molecule has 0 radical (unpaired) electrons. The fraction of sp³-hybridized carbons (Fsp3) is 0.235. The molecule has 8 heteroatoms. The van der Waals surface area contributed by atoms with Gasteiger partial charge in [-0.05, 0) is 35.9 Å².